The maximum absolute atomic E-state index is 6.18. The van der Waals surface area contributed by atoms with Crippen molar-refractivity contribution in [1.82, 2.24) is 4.90 Å². The van der Waals surface area contributed by atoms with Crippen LogP contribution in [0, 0.1) is 0 Å². The predicted molar refractivity (Wildman–Crippen MR) is 76.3 cm³/mol. The van der Waals surface area contributed by atoms with E-state index < -0.39 is 14.5 Å². The molecule has 6 heteroatoms. The summed E-state index contributed by atoms with van der Waals surface area (Å²) in [5, 5.41) is 0. The van der Waals surface area contributed by atoms with Gasteiger partial charge in [0.15, 0.2) is 0 Å². The SMILES string of the molecule is CCO[Si](C)(OCC)OC(C)(N)CCCN(C)C. The molecule has 5 nitrogen and oxygen atoms in total. The summed E-state index contributed by atoms with van der Waals surface area (Å²) in [7, 11) is 1.50. The van der Waals surface area contributed by atoms with Crippen LogP contribution in [0.3, 0.4) is 0 Å². The zero-order chi connectivity index (χ0) is 14.2. The van der Waals surface area contributed by atoms with Gasteiger partial charge in [-0.1, -0.05) is 0 Å². The van der Waals surface area contributed by atoms with Crippen molar-refractivity contribution in [2.45, 2.75) is 45.9 Å². The third kappa shape index (κ3) is 8.18. The standard InChI is InChI=1S/C12H30N2O3Si/c1-7-15-18(6,16-8-2)17-12(3,13)10-9-11-14(4)5/h7-11,13H2,1-6H3. The van der Waals surface area contributed by atoms with Crippen LogP contribution in [0.1, 0.15) is 33.6 Å². The van der Waals surface area contributed by atoms with Gasteiger partial charge in [0, 0.05) is 19.8 Å². The van der Waals surface area contributed by atoms with Crippen LogP contribution >= 0.6 is 0 Å². The number of nitrogens with zero attached hydrogens (tertiary/aromatic N) is 1. The van der Waals surface area contributed by atoms with Gasteiger partial charge in [-0.15, -0.1) is 0 Å². The highest BCUT2D eigenvalue weighted by atomic mass is 28.4. The van der Waals surface area contributed by atoms with E-state index >= 15 is 0 Å². The Morgan fingerprint density at radius 3 is 2.06 bits per heavy atom. The first-order valence-electron chi connectivity index (χ1n) is 6.66. The number of rotatable bonds is 10. The number of nitrogens with two attached hydrogens (primary N) is 1. The monoisotopic (exact) mass is 278 g/mol. The van der Waals surface area contributed by atoms with Crippen molar-refractivity contribution in [2.75, 3.05) is 33.9 Å². The Kier molecular flexibility index (Phi) is 8.25. The molecule has 0 fully saturated rings. The topological polar surface area (TPSA) is 57.0 Å². The fourth-order valence-corrected chi connectivity index (χ4v) is 4.04. The third-order valence-corrected chi connectivity index (χ3v) is 4.97. The van der Waals surface area contributed by atoms with Crippen LogP contribution in [0.4, 0.5) is 0 Å². The van der Waals surface area contributed by atoms with Crippen LogP contribution in [0.15, 0.2) is 0 Å². The van der Waals surface area contributed by atoms with E-state index in [0.717, 1.165) is 19.4 Å². The van der Waals surface area contributed by atoms with Crippen molar-refractivity contribution in [3.05, 3.63) is 0 Å². The van der Waals surface area contributed by atoms with Gasteiger partial charge in [0.2, 0.25) is 0 Å². The zero-order valence-corrected chi connectivity index (χ0v) is 13.8. The van der Waals surface area contributed by atoms with Gasteiger partial charge in [-0.3, -0.25) is 0 Å². The molecule has 0 amide bonds. The Balaban J connectivity index is 4.31. The quantitative estimate of drug-likeness (QED) is 0.486. The van der Waals surface area contributed by atoms with Gasteiger partial charge in [0.25, 0.3) is 0 Å². The van der Waals surface area contributed by atoms with Crippen LogP contribution in [-0.4, -0.2) is 53.3 Å². The highest BCUT2D eigenvalue weighted by Crippen LogP contribution is 2.20. The van der Waals surface area contributed by atoms with E-state index in [9.17, 15) is 0 Å². The van der Waals surface area contributed by atoms with E-state index in [1.54, 1.807) is 0 Å². The van der Waals surface area contributed by atoms with E-state index in [1.807, 2.05) is 41.4 Å². The molecular formula is C12H30N2O3Si. The minimum Gasteiger partial charge on any atom is -0.374 e. The van der Waals surface area contributed by atoms with E-state index in [0.29, 0.717) is 13.2 Å². The Bertz CT molecular complexity index is 219. The molecule has 0 aromatic rings. The lowest BCUT2D eigenvalue weighted by Crippen LogP contribution is -2.54. The average Bonchev–Trinajstić information content (AvgIpc) is 2.15. The second kappa shape index (κ2) is 8.24. The van der Waals surface area contributed by atoms with Crippen LogP contribution < -0.4 is 5.73 Å². The first-order chi connectivity index (χ1) is 8.24. The highest BCUT2D eigenvalue weighted by Gasteiger charge is 2.40. The fourth-order valence-electron chi connectivity index (χ4n) is 1.85. The van der Waals surface area contributed by atoms with E-state index in [2.05, 4.69) is 4.90 Å². The molecule has 1 unspecified atom stereocenters. The molecule has 0 heterocycles. The molecule has 2 N–H and O–H groups in total. The van der Waals surface area contributed by atoms with Gasteiger partial charge in [0.1, 0.15) is 5.72 Å². The molecule has 110 valence electrons. The largest absolute Gasteiger partial charge is 0.499 e. The second-order valence-corrected chi connectivity index (χ2v) is 7.56. The van der Waals surface area contributed by atoms with Crippen molar-refractivity contribution < 1.29 is 13.3 Å². The molecule has 18 heavy (non-hydrogen) atoms. The fraction of sp³-hybridized carbons (Fsp3) is 1.00. The zero-order valence-electron chi connectivity index (χ0n) is 12.8. The smallest absolute Gasteiger partial charge is 0.374 e. The predicted octanol–water partition coefficient (Wildman–Crippen LogP) is 1.66. The van der Waals surface area contributed by atoms with Gasteiger partial charge in [-0.2, -0.15) is 0 Å². The van der Waals surface area contributed by atoms with Crippen LogP contribution in [0.5, 0.6) is 0 Å². The minimum atomic E-state index is -2.60. The number of hydrogen-bond donors (Lipinski definition) is 1. The summed E-state index contributed by atoms with van der Waals surface area (Å²) in [5.41, 5.74) is 5.49. The highest BCUT2D eigenvalue weighted by molar-refractivity contribution is 6.59. The first kappa shape index (κ1) is 18.0. The molecule has 0 aromatic heterocycles. The molecule has 0 spiro atoms. The summed E-state index contributed by atoms with van der Waals surface area (Å²) in [6, 6.07) is 0. The van der Waals surface area contributed by atoms with Gasteiger partial charge in [-0.05, 0) is 54.3 Å². The molecule has 0 radical (unpaired) electrons. The summed E-state index contributed by atoms with van der Waals surface area (Å²) in [5.74, 6) is 0. The molecule has 0 aromatic carbocycles. The molecule has 0 rings (SSSR count). The normalized spacial score (nSPS) is 16.0. The van der Waals surface area contributed by atoms with E-state index in [4.69, 9.17) is 19.0 Å². The van der Waals surface area contributed by atoms with E-state index in [1.165, 1.54) is 0 Å². The first-order valence-corrected chi connectivity index (χ1v) is 8.89. The van der Waals surface area contributed by atoms with Crippen LogP contribution in [0.25, 0.3) is 0 Å². The molecular weight excluding hydrogens is 248 g/mol. The maximum Gasteiger partial charge on any atom is 0.499 e. The lowest BCUT2D eigenvalue weighted by Gasteiger charge is -2.35. The maximum atomic E-state index is 6.18. The van der Waals surface area contributed by atoms with Gasteiger partial charge in [-0.25, -0.2) is 0 Å². The third-order valence-electron chi connectivity index (χ3n) is 2.51. The Morgan fingerprint density at radius 1 is 1.17 bits per heavy atom. The molecule has 1 atom stereocenters. The summed E-state index contributed by atoms with van der Waals surface area (Å²) < 4.78 is 17.2. The van der Waals surface area contributed by atoms with Gasteiger partial charge < -0.3 is 23.9 Å². The van der Waals surface area contributed by atoms with Gasteiger partial charge in [0.05, 0.1) is 0 Å². The summed E-state index contributed by atoms with van der Waals surface area (Å²) in [6.45, 7) is 9.83. The molecule has 0 bridgehead atoms. The molecule has 0 aliphatic rings. The molecule has 0 aliphatic heterocycles. The Hall–Kier alpha value is 0.0169. The van der Waals surface area contributed by atoms with Gasteiger partial charge >= 0.3 is 8.80 Å². The van der Waals surface area contributed by atoms with Crippen LogP contribution in [0.2, 0.25) is 6.55 Å². The summed E-state index contributed by atoms with van der Waals surface area (Å²) in [6.07, 6.45) is 1.77. The molecule has 0 saturated carbocycles. The Morgan fingerprint density at radius 2 is 1.67 bits per heavy atom. The summed E-state index contributed by atoms with van der Waals surface area (Å²) >= 11 is 0. The van der Waals surface area contributed by atoms with E-state index in [-0.39, 0.29) is 0 Å². The number of hydrogen-bond acceptors (Lipinski definition) is 5. The Labute approximate surface area is 113 Å². The average molecular weight is 278 g/mol. The minimum absolute atomic E-state index is 0.580. The van der Waals surface area contributed by atoms with Crippen molar-refractivity contribution in [1.29, 1.82) is 0 Å². The summed E-state index contributed by atoms with van der Waals surface area (Å²) in [4.78, 5) is 2.14. The van der Waals surface area contributed by atoms with Crippen molar-refractivity contribution in [2.24, 2.45) is 5.73 Å². The second-order valence-electron chi connectivity index (χ2n) is 5.05. The van der Waals surface area contributed by atoms with Crippen molar-refractivity contribution in [3.63, 3.8) is 0 Å². The van der Waals surface area contributed by atoms with Crippen molar-refractivity contribution >= 4 is 8.80 Å². The van der Waals surface area contributed by atoms with Crippen LogP contribution in [-0.2, 0) is 13.3 Å². The lowest BCUT2D eigenvalue weighted by atomic mass is 10.1. The molecule has 0 aliphatic carbocycles. The lowest BCUT2D eigenvalue weighted by molar-refractivity contribution is -0.0184. The van der Waals surface area contributed by atoms with Crippen molar-refractivity contribution in [3.8, 4) is 0 Å². The molecule has 0 saturated heterocycles.